The van der Waals surface area contributed by atoms with Gasteiger partial charge in [0, 0.05) is 24.5 Å². The van der Waals surface area contributed by atoms with E-state index in [1.807, 2.05) is 57.2 Å². The molecule has 2 saturated heterocycles. The highest BCUT2D eigenvalue weighted by molar-refractivity contribution is 6.02. The number of nitrogens with zero attached hydrogens (tertiary/aromatic N) is 3. The first-order valence-electron chi connectivity index (χ1n) is 19.5. The highest BCUT2D eigenvalue weighted by Crippen LogP contribution is 2.40. The van der Waals surface area contributed by atoms with Gasteiger partial charge in [-0.15, -0.1) is 12.4 Å². The topological polar surface area (TPSA) is 82.2 Å². The molecular formula is C45H51ClF2N4O4. The number of carbonyl (C=O) groups is 3. The third-order valence-electron chi connectivity index (χ3n) is 11.0. The van der Waals surface area contributed by atoms with Gasteiger partial charge in [-0.2, -0.15) is 0 Å². The summed E-state index contributed by atoms with van der Waals surface area (Å²) in [5.74, 6) is 0.421. The molecule has 4 aromatic rings. The van der Waals surface area contributed by atoms with Crippen molar-refractivity contribution >= 4 is 41.7 Å². The highest BCUT2D eigenvalue weighted by atomic mass is 35.5. The Hall–Kier alpha value is -4.80. The van der Waals surface area contributed by atoms with Gasteiger partial charge in [-0.3, -0.25) is 9.59 Å². The van der Waals surface area contributed by atoms with Crippen LogP contribution in [0.2, 0.25) is 0 Å². The number of anilines is 2. The van der Waals surface area contributed by atoms with Gasteiger partial charge in [-0.25, -0.2) is 13.6 Å². The normalized spacial score (nSPS) is 17.2. The van der Waals surface area contributed by atoms with Gasteiger partial charge in [0.05, 0.1) is 25.9 Å². The lowest BCUT2D eigenvalue weighted by Crippen LogP contribution is -2.41. The largest absolute Gasteiger partial charge is 0.444 e. The minimum atomic E-state index is -0.500. The van der Waals surface area contributed by atoms with Gasteiger partial charge in [0.15, 0.2) is 0 Å². The van der Waals surface area contributed by atoms with Gasteiger partial charge in [-0.05, 0) is 141 Å². The number of piperidine rings is 2. The van der Waals surface area contributed by atoms with Crippen molar-refractivity contribution in [3.05, 3.63) is 130 Å². The zero-order valence-electron chi connectivity index (χ0n) is 32.4. The maximum atomic E-state index is 13.6. The third-order valence-corrected chi connectivity index (χ3v) is 11.0. The van der Waals surface area contributed by atoms with Crippen LogP contribution in [0.25, 0.3) is 0 Å². The Morgan fingerprint density at radius 1 is 0.696 bits per heavy atom. The number of halogens is 3. The van der Waals surface area contributed by atoms with Crippen molar-refractivity contribution < 1.29 is 27.9 Å². The fourth-order valence-electron chi connectivity index (χ4n) is 8.42. The summed E-state index contributed by atoms with van der Waals surface area (Å²) >= 11 is 0. The van der Waals surface area contributed by atoms with Gasteiger partial charge < -0.3 is 24.8 Å². The van der Waals surface area contributed by atoms with Crippen molar-refractivity contribution in [3.8, 4) is 0 Å². The van der Waals surface area contributed by atoms with E-state index < -0.39 is 5.60 Å². The molecule has 4 aliphatic heterocycles. The molecular weight excluding hydrogens is 734 g/mol. The van der Waals surface area contributed by atoms with E-state index in [4.69, 9.17) is 4.74 Å². The average molecular weight is 785 g/mol. The summed E-state index contributed by atoms with van der Waals surface area (Å²) in [6, 6.07) is 25.2. The van der Waals surface area contributed by atoms with Crippen LogP contribution in [0.1, 0.15) is 91.7 Å². The summed E-state index contributed by atoms with van der Waals surface area (Å²) < 4.78 is 32.5. The summed E-state index contributed by atoms with van der Waals surface area (Å²) in [4.78, 5) is 43.0. The van der Waals surface area contributed by atoms with Crippen LogP contribution in [0, 0.1) is 11.6 Å². The number of hydrogen-bond acceptors (Lipinski definition) is 5. The van der Waals surface area contributed by atoms with Crippen molar-refractivity contribution in [2.24, 2.45) is 0 Å². The van der Waals surface area contributed by atoms with Gasteiger partial charge in [0.1, 0.15) is 17.2 Å². The standard InChI is InChI=1S/C25H29FN2O3.C20H21FN2O.ClH/c1-25(2,3)31-24(30)27-12-10-18(11-13-27)20-8-5-9-22-21(20)15-23(29)28(22)16-17-6-4-7-19(26)14-17;21-16-4-1-3-14(11-16)13-23-19-6-2-5-17(18(19)12-20(23)24)15-7-9-22-10-8-15;/h4-9,14,18H,10-13,15-16H2,1-3H3;1-6,11,15,22H,7-10,12-13H2;1H. The Kier molecular flexibility index (Phi) is 12.8. The molecule has 0 aliphatic carbocycles. The smallest absolute Gasteiger partial charge is 0.410 e. The van der Waals surface area contributed by atoms with Crippen LogP contribution < -0.4 is 15.1 Å². The molecule has 0 bridgehead atoms. The van der Waals surface area contributed by atoms with Gasteiger partial charge in [0.2, 0.25) is 11.8 Å². The predicted molar refractivity (Wildman–Crippen MR) is 217 cm³/mol. The Labute approximate surface area is 334 Å². The molecule has 11 heteroatoms. The van der Waals surface area contributed by atoms with E-state index >= 15 is 0 Å². The second-order valence-electron chi connectivity index (χ2n) is 16.0. The number of hydrogen-bond donors (Lipinski definition) is 1. The number of rotatable bonds is 6. The molecule has 296 valence electrons. The number of carbonyl (C=O) groups excluding carboxylic acids is 3. The average Bonchev–Trinajstić information content (AvgIpc) is 3.66. The van der Waals surface area contributed by atoms with Gasteiger partial charge >= 0.3 is 6.09 Å². The van der Waals surface area contributed by atoms with Crippen LogP contribution in [0.5, 0.6) is 0 Å². The molecule has 0 atom stereocenters. The first kappa shape index (κ1) is 40.9. The van der Waals surface area contributed by atoms with Crippen LogP contribution in [-0.4, -0.2) is 54.6 Å². The zero-order valence-corrected chi connectivity index (χ0v) is 33.2. The molecule has 3 amide bonds. The summed E-state index contributed by atoms with van der Waals surface area (Å²) in [7, 11) is 0. The minimum absolute atomic E-state index is 0. The van der Waals surface area contributed by atoms with Crippen molar-refractivity contribution in [1.29, 1.82) is 0 Å². The van der Waals surface area contributed by atoms with Crippen LogP contribution in [0.15, 0.2) is 84.9 Å². The van der Waals surface area contributed by atoms with Crippen LogP contribution in [0.3, 0.4) is 0 Å². The molecule has 8 nitrogen and oxygen atoms in total. The van der Waals surface area contributed by atoms with Crippen LogP contribution in [0.4, 0.5) is 25.0 Å². The van der Waals surface area contributed by atoms with E-state index in [0.29, 0.717) is 50.9 Å². The predicted octanol–water partition coefficient (Wildman–Crippen LogP) is 8.83. The molecule has 0 aromatic heterocycles. The maximum Gasteiger partial charge on any atom is 0.410 e. The summed E-state index contributed by atoms with van der Waals surface area (Å²) in [5, 5.41) is 3.39. The van der Waals surface area contributed by atoms with E-state index in [1.54, 1.807) is 26.8 Å². The van der Waals surface area contributed by atoms with E-state index in [9.17, 15) is 23.2 Å². The number of likely N-dealkylation sites (tertiary alicyclic amines) is 1. The lowest BCUT2D eigenvalue weighted by molar-refractivity contribution is -0.118. The fourth-order valence-corrected chi connectivity index (χ4v) is 8.42. The maximum absolute atomic E-state index is 13.6. The molecule has 4 aromatic carbocycles. The molecule has 4 aliphatic rings. The lowest BCUT2D eigenvalue weighted by atomic mass is 9.86. The monoisotopic (exact) mass is 784 g/mol. The van der Waals surface area contributed by atoms with Gasteiger partial charge in [-0.1, -0.05) is 48.5 Å². The van der Waals surface area contributed by atoms with Crippen molar-refractivity contribution in [3.63, 3.8) is 0 Å². The Balaban J connectivity index is 0.000000192. The molecule has 0 spiro atoms. The molecule has 56 heavy (non-hydrogen) atoms. The molecule has 0 unspecified atom stereocenters. The molecule has 2 fully saturated rings. The molecule has 4 heterocycles. The SMILES string of the molecule is CC(C)(C)OC(=O)N1CCC(c2cccc3c2CC(=O)N3Cc2cccc(F)c2)CC1.Cl.O=C1Cc2c(C3CCNCC3)cccc2N1Cc1cccc(F)c1. The summed E-state index contributed by atoms with van der Waals surface area (Å²) in [6.07, 6.45) is 4.49. The quantitative estimate of drug-likeness (QED) is 0.212. The summed E-state index contributed by atoms with van der Waals surface area (Å²) in [6.45, 7) is 9.77. The van der Waals surface area contributed by atoms with E-state index in [2.05, 4.69) is 17.4 Å². The second-order valence-corrected chi connectivity index (χ2v) is 16.0. The van der Waals surface area contributed by atoms with E-state index in [0.717, 1.165) is 66.8 Å². The number of amides is 3. The summed E-state index contributed by atoms with van der Waals surface area (Å²) in [5.41, 5.74) is 7.77. The zero-order chi connectivity index (χ0) is 38.7. The van der Waals surface area contributed by atoms with Gasteiger partial charge in [0.25, 0.3) is 0 Å². The Morgan fingerprint density at radius 2 is 1.14 bits per heavy atom. The lowest BCUT2D eigenvalue weighted by Gasteiger charge is -2.34. The molecule has 1 N–H and O–H groups in total. The van der Waals surface area contributed by atoms with Crippen LogP contribution >= 0.6 is 12.4 Å². The number of fused-ring (bicyclic) bond motifs is 2. The first-order valence-corrected chi connectivity index (χ1v) is 19.5. The minimum Gasteiger partial charge on any atom is -0.444 e. The first-order chi connectivity index (χ1) is 26.4. The number of benzene rings is 4. The Morgan fingerprint density at radius 3 is 1.59 bits per heavy atom. The van der Waals surface area contributed by atoms with E-state index in [-0.39, 0.29) is 41.9 Å². The molecule has 0 radical (unpaired) electrons. The van der Waals surface area contributed by atoms with Crippen molar-refractivity contribution in [1.82, 2.24) is 10.2 Å². The highest BCUT2D eigenvalue weighted by Gasteiger charge is 2.34. The third kappa shape index (κ3) is 9.41. The van der Waals surface area contributed by atoms with E-state index in [1.165, 1.54) is 41.0 Å². The Bertz CT molecular complexity index is 2060. The number of ether oxygens (including phenoxy) is 1. The van der Waals surface area contributed by atoms with Crippen molar-refractivity contribution in [2.45, 2.75) is 89.8 Å². The number of nitrogens with one attached hydrogen (secondary N) is 1. The van der Waals surface area contributed by atoms with Crippen molar-refractivity contribution in [2.75, 3.05) is 36.0 Å². The van der Waals surface area contributed by atoms with Crippen LogP contribution in [-0.2, 0) is 40.3 Å². The second kappa shape index (κ2) is 17.6. The molecule has 8 rings (SSSR count). The molecule has 0 saturated carbocycles. The fraction of sp³-hybridized carbons (Fsp3) is 0.400.